The van der Waals surface area contributed by atoms with Gasteiger partial charge < -0.3 is 10.5 Å². The van der Waals surface area contributed by atoms with Crippen LogP contribution in [0.25, 0.3) is 0 Å². The molecule has 100 valence electrons. The van der Waals surface area contributed by atoms with Crippen molar-refractivity contribution in [3.05, 3.63) is 23.0 Å². The Kier molecular flexibility index (Phi) is 4.23. The maximum Gasteiger partial charge on any atom is 0.0895 e. The number of hydrogen-bond donors (Lipinski definition) is 1. The molecule has 3 nitrogen and oxygen atoms in total. The predicted molar refractivity (Wildman–Crippen MR) is 74.3 cm³/mol. The lowest BCUT2D eigenvalue weighted by molar-refractivity contribution is 0.00301. The van der Waals surface area contributed by atoms with E-state index in [9.17, 15) is 0 Å². The standard InChI is InChI=1S/C15H24N2O/c1-10-5-4-6-13(7-10)18-9-14-12(3)15(16)11(2)8-17-14/h8,10,13H,4-7,9H2,1-3H3,(H2,16,17). The van der Waals surface area contributed by atoms with Gasteiger partial charge in [0.25, 0.3) is 0 Å². The molecule has 1 aliphatic rings. The maximum absolute atomic E-state index is 6.02. The molecular weight excluding hydrogens is 224 g/mol. The zero-order chi connectivity index (χ0) is 13.1. The Morgan fingerprint density at radius 1 is 1.39 bits per heavy atom. The smallest absolute Gasteiger partial charge is 0.0895 e. The fourth-order valence-corrected chi connectivity index (χ4v) is 2.66. The summed E-state index contributed by atoms with van der Waals surface area (Å²) in [6.07, 6.45) is 7.23. The summed E-state index contributed by atoms with van der Waals surface area (Å²) in [7, 11) is 0. The van der Waals surface area contributed by atoms with Gasteiger partial charge in [-0.05, 0) is 43.7 Å². The molecule has 1 aromatic heterocycles. The monoisotopic (exact) mass is 248 g/mol. The van der Waals surface area contributed by atoms with Crippen molar-refractivity contribution in [2.45, 2.75) is 59.2 Å². The van der Waals surface area contributed by atoms with E-state index in [4.69, 9.17) is 10.5 Å². The summed E-state index contributed by atoms with van der Waals surface area (Å²) < 4.78 is 6.00. The van der Waals surface area contributed by atoms with Crippen molar-refractivity contribution in [1.29, 1.82) is 0 Å². The lowest BCUT2D eigenvalue weighted by Crippen LogP contribution is -2.21. The van der Waals surface area contributed by atoms with Crippen LogP contribution in [0.15, 0.2) is 6.20 Å². The van der Waals surface area contributed by atoms with E-state index in [0.717, 1.165) is 28.4 Å². The van der Waals surface area contributed by atoms with Crippen molar-refractivity contribution in [3.8, 4) is 0 Å². The quantitative estimate of drug-likeness (QED) is 0.892. The van der Waals surface area contributed by atoms with E-state index in [2.05, 4.69) is 11.9 Å². The first-order valence-corrected chi connectivity index (χ1v) is 6.90. The summed E-state index contributed by atoms with van der Waals surface area (Å²) >= 11 is 0. The average molecular weight is 248 g/mol. The third kappa shape index (κ3) is 3.02. The molecule has 2 unspecified atom stereocenters. The molecule has 0 saturated heterocycles. The lowest BCUT2D eigenvalue weighted by atomic mass is 9.89. The fourth-order valence-electron chi connectivity index (χ4n) is 2.66. The van der Waals surface area contributed by atoms with E-state index in [1.54, 1.807) is 0 Å². The minimum absolute atomic E-state index is 0.400. The minimum atomic E-state index is 0.400. The van der Waals surface area contributed by atoms with Crippen molar-refractivity contribution in [2.24, 2.45) is 5.92 Å². The highest BCUT2D eigenvalue weighted by atomic mass is 16.5. The van der Waals surface area contributed by atoms with E-state index in [1.165, 1.54) is 25.7 Å². The second kappa shape index (κ2) is 5.70. The van der Waals surface area contributed by atoms with Gasteiger partial charge in [-0.15, -0.1) is 0 Å². The normalized spacial score (nSPS) is 24.2. The fraction of sp³-hybridized carbons (Fsp3) is 0.667. The van der Waals surface area contributed by atoms with Gasteiger partial charge in [0.2, 0.25) is 0 Å². The van der Waals surface area contributed by atoms with E-state index in [1.807, 2.05) is 20.0 Å². The third-order valence-electron chi connectivity index (χ3n) is 4.02. The number of pyridine rings is 1. The molecule has 1 aromatic rings. The summed E-state index contributed by atoms with van der Waals surface area (Å²) in [5.74, 6) is 0.792. The zero-order valence-electron chi connectivity index (χ0n) is 11.7. The molecule has 1 heterocycles. The highest BCUT2D eigenvalue weighted by Gasteiger charge is 2.19. The molecule has 2 N–H and O–H groups in total. The number of nitrogen functional groups attached to an aromatic ring is 1. The average Bonchev–Trinajstić information content (AvgIpc) is 2.35. The number of nitrogens with zero attached hydrogens (tertiary/aromatic N) is 1. The molecule has 0 spiro atoms. The van der Waals surface area contributed by atoms with Gasteiger partial charge in [0.15, 0.2) is 0 Å². The molecule has 2 atom stereocenters. The Hall–Kier alpha value is -1.09. The van der Waals surface area contributed by atoms with Gasteiger partial charge in [-0.25, -0.2) is 0 Å². The molecule has 1 fully saturated rings. The van der Waals surface area contributed by atoms with Crippen LogP contribution in [0, 0.1) is 19.8 Å². The van der Waals surface area contributed by atoms with Crippen LogP contribution >= 0.6 is 0 Å². The molecule has 3 heteroatoms. The Balaban J connectivity index is 1.96. The van der Waals surface area contributed by atoms with Crippen LogP contribution < -0.4 is 5.73 Å². The summed E-state index contributed by atoms with van der Waals surface area (Å²) in [6.45, 7) is 6.91. The second-order valence-electron chi connectivity index (χ2n) is 5.63. The SMILES string of the molecule is Cc1cnc(COC2CCCC(C)C2)c(C)c1N. The number of nitrogens with two attached hydrogens (primary N) is 1. The van der Waals surface area contributed by atoms with Crippen LogP contribution in [0.4, 0.5) is 5.69 Å². The number of anilines is 1. The van der Waals surface area contributed by atoms with Crippen LogP contribution in [0.2, 0.25) is 0 Å². The van der Waals surface area contributed by atoms with E-state index < -0.39 is 0 Å². The van der Waals surface area contributed by atoms with Crippen LogP contribution in [0.3, 0.4) is 0 Å². The van der Waals surface area contributed by atoms with E-state index in [-0.39, 0.29) is 0 Å². The molecule has 0 radical (unpaired) electrons. The summed E-state index contributed by atoms with van der Waals surface area (Å²) in [6, 6.07) is 0. The Bertz CT molecular complexity index is 417. The molecule has 1 aliphatic carbocycles. The number of ether oxygens (including phenoxy) is 1. The molecular formula is C15H24N2O. The first-order valence-electron chi connectivity index (χ1n) is 6.90. The van der Waals surface area contributed by atoms with Gasteiger partial charge >= 0.3 is 0 Å². The second-order valence-corrected chi connectivity index (χ2v) is 5.63. The molecule has 2 rings (SSSR count). The largest absolute Gasteiger partial charge is 0.398 e. The van der Waals surface area contributed by atoms with Crippen LogP contribution in [-0.4, -0.2) is 11.1 Å². The number of rotatable bonds is 3. The summed E-state index contributed by atoms with van der Waals surface area (Å²) in [5.41, 5.74) is 9.96. The topological polar surface area (TPSA) is 48.1 Å². The third-order valence-corrected chi connectivity index (χ3v) is 4.02. The molecule has 0 aromatic carbocycles. The molecule has 0 amide bonds. The lowest BCUT2D eigenvalue weighted by Gasteiger charge is -2.27. The van der Waals surface area contributed by atoms with E-state index in [0.29, 0.717) is 12.7 Å². The van der Waals surface area contributed by atoms with Crippen molar-refractivity contribution in [1.82, 2.24) is 4.98 Å². The number of aromatic nitrogens is 1. The Labute approximate surface area is 110 Å². The molecule has 1 saturated carbocycles. The van der Waals surface area contributed by atoms with E-state index >= 15 is 0 Å². The summed E-state index contributed by atoms with van der Waals surface area (Å²) in [5, 5.41) is 0. The Morgan fingerprint density at radius 3 is 2.89 bits per heavy atom. The minimum Gasteiger partial charge on any atom is -0.398 e. The highest BCUT2D eigenvalue weighted by Crippen LogP contribution is 2.27. The maximum atomic E-state index is 6.02. The van der Waals surface area contributed by atoms with Gasteiger partial charge in [0, 0.05) is 11.9 Å². The zero-order valence-corrected chi connectivity index (χ0v) is 11.7. The van der Waals surface area contributed by atoms with Gasteiger partial charge in [0.1, 0.15) is 0 Å². The predicted octanol–water partition coefficient (Wildman–Crippen LogP) is 3.38. The molecule has 18 heavy (non-hydrogen) atoms. The van der Waals surface area contributed by atoms with Crippen molar-refractivity contribution in [3.63, 3.8) is 0 Å². The summed E-state index contributed by atoms with van der Waals surface area (Å²) in [4.78, 5) is 4.44. The number of hydrogen-bond acceptors (Lipinski definition) is 3. The van der Waals surface area contributed by atoms with Gasteiger partial charge in [-0.2, -0.15) is 0 Å². The van der Waals surface area contributed by atoms with Crippen LogP contribution in [0.5, 0.6) is 0 Å². The van der Waals surface area contributed by atoms with Crippen molar-refractivity contribution in [2.75, 3.05) is 5.73 Å². The van der Waals surface area contributed by atoms with Gasteiger partial charge in [-0.1, -0.05) is 19.8 Å². The first-order chi connectivity index (χ1) is 8.58. The number of aryl methyl sites for hydroxylation is 1. The molecule has 0 aliphatic heterocycles. The highest BCUT2D eigenvalue weighted by molar-refractivity contribution is 5.53. The van der Waals surface area contributed by atoms with Crippen molar-refractivity contribution < 1.29 is 4.74 Å². The van der Waals surface area contributed by atoms with Crippen molar-refractivity contribution >= 4 is 5.69 Å². The van der Waals surface area contributed by atoms with Gasteiger partial charge in [0.05, 0.1) is 18.4 Å². The Morgan fingerprint density at radius 2 is 2.17 bits per heavy atom. The van der Waals surface area contributed by atoms with Crippen LogP contribution in [0.1, 0.15) is 49.4 Å². The van der Waals surface area contributed by atoms with Gasteiger partial charge in [-0.3, -0.25) is 4.98 Å². The molecule has 0 bridgehead atoms. The van der Waals surface area contributed by atoms with Crippen LogP contribution in [-0.2, 0) is 11.3 Å². The first kappa shape index (κ1) is 13.3.